The van der Waals surface area contributed by atoms with E-state index in [9.17, 15) is 0 Å². The summed E-state index contributed by atoms with van der Waals surface area (Å²) in [5, 5.41) is 8.79. The van der Waals surface area contributed by atoms with Crippen LogP contribution in [0.25, 0.3) is 0 Å². The highest BCUT2D eigenvalue weighted by Gasteiger charge is 2.22. The molecule has 2 N–H and O–H groups in total. The van der Waals surface area contributed by atoms with E-state index < -0.39 is 6.10 Å². The number of hydrogen-bond donors (Lipinski definition) is 1. The number of anilines is 2. The Labute approximate surface area is 101 Å². The molecule has 0 amide bonds. The summed E-state index contributed by atoms with van der Waals surface area (Å²) < 4.78 is 5.87. The van der Waals surface area contributed by atoms with E-state index in [1.54, 1.807) is 6.07 Å². The molecule has 0 spiro atoms. The molecular formula is C9H10BrN5O. The number of hydrogen-bond acceptors (Lipinski definition) is 6. The van der Waals surface area contributed by atoms with E-state index in [2.05, 4.69) is 32.0 Å². The van der Waals surface area contributed by atoms with Crippen molar-refractivity contribution in [3.05, 3.63) is 10.7 Å². The van der Waals surface area contributed by atoms with Gasteiger partial charge in [-0.15, -0.1) is 0 Å². The van der Waals surface area contributed by atoms with Crippen LogP contribution >= 0.6 is 15.9 Å². The Morgan fingerprint density at radius 3 is 3.12 bits per heavy atom. The molecule has 0 aliphatic carbocycles. The van der Waals surface area contributed by atoms with Crippen LogP contribution in [0.15, 0.2) is 10.7 Å². The normalized spacial score (nSPS) is 20.5. The highest BCUT2D eigenvalue weighted by molar-refractivity contribution is 9.10. The van der Waals surface area contributed by atoms with Gasteiger partial charge in [-0.1, -0.05) is 0 Å². The lowest BCUT2D eigenvalue weighted by molar-refractivity contribution is 0.0758. The number of morpholine rings is 1. The van der Waals surface area contributed by atoms with Crippen molar-refractivity contribution in [2.24, 2.45) is 0 Å². The summed E-state index contributed by atoms with van der Waals surface area (Å²) in [6.45, 7) is 1.62. The Bertz CT molecular complexity index is 412. The molecule has 1 aromatic rings. The molecule has 84 valence electrons. The average Bonchev–Trinajstić information content (AvgIpc) is 2.28. The van der Waals surface area contributed by atoms with Crippen LogP contribution in [0.5, 0.6) is 0 Å². The van der Waals surface area contributed by atoms with Crippen LogP contribution in [0.2, 0.25) is 0 Å². The first-order chi connectivity index (χ1) is 7.69. The van der Waals surface area contributed by atoms with Crippen molar-refractivity contribution in [3.8, 4) is 6.07 Å². The summed E-state index contributed by atoms with van der Waals surface area (Å²) in [7, 11) is 0. The third-order valence-electron chi connectivity index (χ3n) is 2.20. The van der Waals surface area contributed by atoms with Crippen molar-refractivity contribution in [1.29, 1.82) is 5.26 Å². The minimum absolute atomic E-state index is 0.400. The number of nitrogen functional groups attached to an aromatic ring is 1. The molecule has 0 radical (unpaired) electrons. The molecule has 1 fully saturated rings. The van der Waals surface area contributed by atoms with Gasteiger partial charge in [0.15, 0.2) is 6.10 Å². The molecule has 6 nitrogen and oxygen atoms in total. The SMILES string of the molecule is N#CC1CN(c2nc(N)cc(Br)n2)CCO1. The van der Waals surface area contributed by atoms with Crippen LogP contribution < -0.4 is 10.6 Å². The fourth-order valence-corrected chi connectivity index (χ4v) is 1.87. The molecule has 1 aliphatic heterocycles. The zero-order valence-corrected chi connectivity index (χ0v) is 10.0. The molecule has 7 heteroatoms. The zero-order valence-electron chi connectivity index (χ0n) is 8.43. The summed E-state index contributed by atoms with van der Waals surface area (Å²) >= 11 is 3.26. The van der Waals surface area contributed by atoms with Crippen LogP contribution in [0.1, 0.15) is 0 Å². The predicted octanol–water partition coefficient (Wildman–Crippen LogP) is 0.550. The van der Waals surface area contributed by atoms with Crippen LogP contribution in [0.3, 0.4) is 0 Å². The third-order valence-corrected chi connectivity index (χ3v) is 2.60. The first-order valence-corrected chi connectivity index (χ1v) is 5.54. The molecule has 0 saturated carbocycles. The highest BCUT2D eigenvalue weighted by atomic mass is 79.9. The second-order valence-electron chi connectivity index (χ2n) is 3.35. The van der Waals surface area contributed by atoms with Gasteiger partial charge < -0.3 is 15.4 Å². The van der Waals surface area contributed by atoms with Crippen LogP contribution in [0.4, 0.5) is 11.8 Å². The number of nitrogens with two attached hydrogens (primary N) is 1. The molecule has 1 aliphatic rings. The van der Waals surface area contributed by atoms with Gasteiger partial charge in [0, 0.05) is 12.6 Å². The van der Waals surface area contributed by atoms with Crippen LogP contribution in [-0.2, 0) is 4.74 Å². The van der Waals surface area contributed by atoms with Gasteiger partial charge in [0.1, 0.15) is 10.4 Å². The Morgan fingerprint density at radius 2 is 2.44 bits per heavy atom. The average molecular weight is 284 g/mol. The minimum atomic E-state index is -0.433. The van der Waals surface area contributed by atoms with E-state index in [1.165, 1.54) is 0 Å². The summed E-state index contributed by atoms with van der Waals surface area (Å²) in [5.41, 5.74) is 5.63. The molecule has 0 aromatic carbocycles. The Morgan fingerprint density at radius 1 is 1.62 bits per heavy atom. The largest absolute Gasteiger partial charge is 0.383 e. The predicted molar refractivity (Wildman–Crippen MR) is 61.7 cm³/mol. The summed E-state index contributed by atoms with van der Waals surface area (Å²) in [6, 6.07) is 3.70. The van der Waals surface area contributed by atoms with Crippen molar-refractivity contribution in [2.45, 2.75) is 6.10 Å². The minimum Gasteiger partial charge on any atom is -0.383 e. The van der Waals surface area contributed by atoms with Gasteiger partial charge in [0.2, 0.25) is 5.95 Å². The first-order valence-electron chi connectivity index (χ1n) is 4.75. The number of aromatic nitrogens is 2. The second-order valence-corrected chi connectivity index (χ2v) is 4.16. The van der Waals surface area contributed by atoms with E-state index in [-0.39, 0.29) is 0 Å². The summed E-state index contributed by atoms with van der Waals surface area (Å²) in [4.78, 5) is 10.2. The van der Waals surface area contributed by atoms with Crippen molar-refractivity contribution in [3.63, 3.8) is 0 Å². The Kier molecular flexibility index (Phi) is 3.22. The van der Waals surface area contributed by atoms with Crippen molar-refractivity contribution in [2.75, 3.05) is 30.3 Å². The third kappa shape index (κ3) is 2.40. The van der Waals surface area contributed by atoms with Gasteiger partial charge in [-0.05, 0) is 15.9 Å². The van der Waals surface area contributed by atoms with Gasteiger partial charge in [-0.25, -0.2) is 4.98 Å². The second kappa shape index (κ2) is 4.63. The number of ether oxygens (including phenoxy) is 1. The van der Waals surface area contributed by atoms with E-state index in [1.807, 2.05) is 4.90 Å². The summed E-state index contributed by atoms with van der Waals surface area (Å²) in [5.74, 6) is 0.923. The smallest absolute Gasteiger partial charge is 0.228 e. The molecule has 2 heterocycles. The number of halogens is 1. The standard InChI is InChI=1S/C9H10BrN5O/c10-7-3-8(12)14-9(13-7)15-1-2-16-6(4-11)5-15/h3,6H,1-2,5H2,(H2,12,13,14). The van der Waals surface area contributed by atoms with Gasteiger partial charge in [-0.3, -0.25) is 0 Å². The number of nitriles is 1. The van der Waals surface area contributed by atoms with E-state index in [4.69, 9.17) is 15.7 Å². The van der Waals surface area contributed by atoms with Crippen molar-refractivity contribution < 1.29 is 4.74 Å². The fraction of sp³-hybridized carbons (Fsp3) is 0.444. The van der Waals surface area contributed by atoms with Crippen LogP contribution in [-0.4, -0.2) is 35.8 Å². The van der Waals surface area contributed by atoms with Gasteiger partial charge in [0.05, 0.1) is 19.2 Å². The maximum Gasteiger partial charge on any atom is 0.228 e. The Hall–Kier alpha value is -1.39. The Balaban J connectivity index is 2.20. The zero-order chi connectivity index (χ0) is 11.5. The molecule has 16 heavy (non-hydrogen) atoms. The highest BCUT2D eigenvalue weighted by Crippen LogP contribution is 2.18. The van der Waals surface area contributed by atoms with Gasteiger partial charge in [-0.2, -0.15) is 10.2 Å². The molecule has 1 saturated heterocycles. The van der Waals surface area contributed by atoms with Crippen LogP contribution in [0, 0.1) is 11.3 Å². The monoisotopic (exact) mass is 283 g/mol. The summed E-state index contributed by atoms with van der Waals surface area (Å²) in [6.07, 6.45) is -0.433. The van der Waals surface area contributed by atoms with E-state index >= 15 is 0 Å². The van der Waals surface area contributed by atoms with E-state index in [0.29, 0.717) is 36.1 Å². The molecule has 0 bridgehead atoms. The maximum absolute atomic E-state index is 8.79. The molecule has 1 aromatic heterocycles. The van der Waals surface area contributed by atoms with Gasteiger partial charge in [0.25, 0.3) is 0 Å². The molecule has 1 unspecified atom stereocenters. The molecule has 1 atom stereocenters. The number of nitrogens with zero attached hydrogens (tertiary/aromatic N) is 4. The van der Waals surface area contributed by atoms with Crippen molar-refractivity contribution in [1.82, 2.24) is 9.97 Å². The molecular weight excluding hydrogens is 274 g/mol. The maximum atomic E-state index is 8.79. The van der Waals surface area contributed by atoms with E-state index in [0.717, 1.165) is 0 Å². The van der Waals surface area contributed by atoms with Gasteiger partial charge >= 0.3 is 0 Å². The lowest BCUT2D eigenvalue weighted by Crippen LogP contribution is -2.42. The lowest BCUT2D eigenvalue weighted by atomic mass is 10.3. The quantitative estimate of drug-likeness (QED) is 0.758. The molecule has 2 rings (SSSR count). The number of rotatable bonds is 1. The fourth-order valence-electron chi connectivity index (χ4n) is 1.47. The topological polar surface area (TPSA) is 88.1 Å². The van der Waals surface area contributed by atoms with Crippen molar-refractivity contribution >= 4 is 27.7 Å². The first kappa shape index (κ1) is 11.1. The lowest BCUT2D eigenvalue weighted by Gasteiger charge is -2.29.